The van der Waals surface area contributed by atoms with Crippen LogP contribution in [-0.4, -0.2) is 23.3 Å². The Morgan fingerprint density at radius 1 is 1.13 bits per heavy atom. The third-order valence-corrected chi connectivity index (χ3v) is 8.13. The molecule has 1 saturated heterocycles. The van der Waals surface area contributed by atoms with Crippen LogP contribution in [0.25, 0.3) is 10.1 Å². The molecule has 0 amide bonds. The molecule has 4 rings (SSSR count). The zero-order valence-corrected chi connectivity index (χ0v) is 16.2. The van der Waals surface area contributed by atoms with Gasteiger partial charge in [0.25, 0.3) is 0 Å². The first-order valence-electron chi connectivity index (χ1n) is 9.12. The Morgan fingerprint density at radius 3 is 2.74 bits per heavy atom. The lowest BCUT2D eigenvalue weighted by Gasteiger charge is -2.49. The first kappa shape index (κ1) is 16.1. The fourth-order valence-electron chi connectivity index (χ4n) is 4.65. The molecule has 124 valence electrons. The SMILES string of the molecule is BrCC1CCCN(C2(c3cc4ccccc4s3)CCCCC2)C1. The van der Waals surface area contributed by atoms with E-state index in [1.807, 2.05) is 0 Å². The minimum Gasteiger partial charge on any atom is -0.293 e. The van der Waals surface area contributed by atoms with Gasteiger partial charge in [-0.1, -0.05) is 53.4 Å². The van der Waals surface area contributed by atoms with Gasteiger partial charge in [0, 0.05) is 21.5 Å². The highest BCUT2D eigenvalue weighted by atomic mass is 79.9. The molecule has 0 radical (unpaired) electrons. The maximum absolute atomic E-state index is 3.74. The van der Waals surface area contributed by atoms with Crippen LogP contribution in [-0.2, 0) is 5.54 Å². The van der Waals surface area contributed by atoms with E-state index in [0.717, 1.165) is 11.2 Å². The van der Waals surface area contributed by atoms with Crippen LogP contribution in [0.5, 0.6) is 0 Å². The molecule has 1 unspecified atom stereocenters. The second-order valence-corrected chi connectivity index (χ2v) is 9.08. The largest absolute Gasteiger partial charge is 0.293 e. The first-order chi connectivity index (χ1) is 11.3. The average Bonchev–Trinajstić information content (AvgIpc) is 3.07. The van der Waals surface area contributed by atoms with Crippen LogP contribution in [0.15, 0.2) is 30.3 Å². The van der Waals surface area contributed by atoms with Crippen molar-refractivity contribution in [2.75, 3.05) is 18.4 Å². The number of hydrogen-bond acceptors (Lipinski definition) is 2. The van der Waals surface area contributed by atoms with E-state index in [1.165, 1.54) is 68.1 Å². The van der Waals surface area contributed by atoms with Gasteiger partial charge in [-0.2, -0.15) is 0 Å². The first-order valence-corrected chi connectivity index (χ1v) is 11.1. The maximum Gasteiger partial charge on any atom is 0.0554 e. The summed E-state index contributed by atoms with van der Waals surface area (Å²) in [6.45, 7) is 2.57. The van der Waals surface area contributed by atoms with Crippen LogP contribution in [0.2, 0.25) is 0 Å². The predicted molar refractivity (Wildman–Crippen MR) is 105 cm³/mol. The van der Waals surface area contributed by atoms with Crippen LogP contribution >= 0.6 is 27.3 Å². The Labute approximate surface area is 152 Å². The molecule has 3 heteroatoms. The van der Waals surface area contributed by atoms with Gasteiger partial charge < -0.3 is 0 Å². The number of halogens is 1. The van der Waals surface area contributed by atoms with E-state index in [-0.39, 0.29) is 0 Å². The summed E-state index contributed by atoms with van der Waals surface area (Å²) in [6, 6.07) is 11.4. The van der Waals surface area contributed by atoms with Gasteiger partial charge in [0.1, 0.15) is 0 Å². The average molecular weight is 392 g/mol. The number of nitrogens with zero attached hydrogens (tertiary/aromatic N) is 1. The fraction of sp³-hybridized carbons (Fsp3) is 0.600. The molecule has 1 aliphatic heterocycles. The van der Waals surface area contributed by atoms with Crippen molar-refractivity contribution in [3.63, 3.8) is 0 Å². The number of piperidine rings is 1. The lowest BCUT2D eigenvalue weighted by Crippen LogP contribution is -2.51. The summed E-state index contributed by atoms with van der Waals surface area (Å²) in [5, 5.41) is 2.60. The summed E-state index contributed by atoms with van der Waals surface area (Å²) in [5.74, 6) is 0.830. The van der Waals surface area contributed by atoms with E-state index in [9.17, 15) is 0 Å². The van der Waals surface area contributed by atoms with Gasteiger partial charge in [-0.25, -0.2) is 0 Å². The molecule has 1 aromatic heterocycles. The van der Waals surface area contributed by atoms with Crippen LogP contribution in [0, 0.1) is 5.92 Å². The van der Waals surface area contributed by atoms with E-state index in [1.54, 1.807) is 4.88 Å². The Kier molecular flexibility index (Phi) is 4.80. The second-order valence-electron chi connectivity index (χ2n) is 7.35. The minimum atomic E-state index is 0.322. The summed E-state index contributed by atoms with van der Waals surface area (Å²) in [4.78, 5) is 4.50. The predicted octanol–water partition coefficient (Wildman–Crippen LogP) is 6.17. The molecule has 1 atom stereocenters. The highest BCUT2D eigenvalue weighted by molar-refractivity contribution is 9.09. The molecular weight excluding hydrogens is 366 g/mol. The van der Waals surface area contributed by atoms with E-state index in [4.69, 9.17) is 0 Å². The molecule has 1 nitrogen and oxygen atoms in total. The molecule has 2 heterocycles. The van der Waals surface area contributed by atoms with Gasteiger partial charge in [-0.3, -0.25) is 4.90 Å². The third kappa shape index (κ3) is 3.01. The molecule has 0 spiro atoms. The lowest BCUT2D eigenvalue weighted by molar-refractivity contribution is 0.0176. The molecule has 0 N–H and O–H groups in total. The number of alkyl halides is 1. The zero-order valence-electron chi connectivity index (χ0n) is 13.8. The van der Waals surface area contributed by atoms with Gasteiger partial charge in [0.2, 0.25) is 0 Å². The van der Waals surface area contributed by atoms with Crippen molar-refractivity contribution < 1.29 is 0 Å². The number of fused-ring (bicyclic) bond motifs is 1. The quantitative estimate of drug-likeness (QED) is 0.565. The monoisotopic (exact) mass is 391 g/mol. The number of hydrogen-bond donors (Lipinski definition) is 0. The summed E-state index contributed by atoms with van der Waals surface area (Å²) in [6.07, 6.45) is 9.67. The van der Waals surface area contributed by atoms with Crippen molar-refractivity contribution in [2.45, 2.75) is 50.5 Å². The Hall–Kier alpha value is -0.380. The van der Waals surface area contributed by atoms with Crippen molar-refractivity contribution in [3.05, 3.63) is 35.2 Å². The number of thiophene rings is 1. The van der Waals surface area contributed by atoms with Gasteiger partial charge in [-0.05, 0) is 55.7 Å². The third-order valence-electron chi connectivity index (χ3n) is 5.91. The molecule has 1 aromatic carbocycles. The van der Waals surface area contributed by atoms with Crippen molar-refractivity contribution in [1.82, 2.24) is 4.90 Å². The number of benzene rings is 1. The van der Waals surface area contributed by atoms with Crippen molar-refractivity contribution in [3.8, 4) is 0 Å². The Morgan fingerprint density at radius 2 is 1.96 bits per heavy atom. The topological polar surface area (TPSA) is 3.24 Å². The second kappa shape index (κ2) is 6.85. The summed E-state index contributed by atoms with van der Waals surface area (Å²) in [5.41, 5.74) is 0.322. The van der Waals surface area contributed by atoms with Crippen LogP contribution in [0.4, 0.5) is 0 Å². The van der Waals surface area contributed by atoms with Gasteiger partial charge >= 0.3 is 0 Å². The van der Waals surface area contributed by atoms with Gasteiger partial charge in [-0.15, -0.1) is 11.3 Å². The molecule has 2 fully saturated rings. The molecular formula is C20H26BrNS. The van der Waals surface area contributed by atoms with E-state index >= 15 is 0 Å². The Balaban J connectivity index is 1.73. The Bertz CT molecular complexity index is 625. The van der Waals surface area contributed by atoms with Crippen molar-refractivity contribution >= 4 is 37.4 Å². The number of likely N-dealkylation sites (tertiary alicyclic amines) is 1. The smallest absolute Gasteiger partial charge is 0.0554 e. The fourth-order valence-corrected chi connectivity index (χ4v) is 6.51. The summed E-state index contributed by atoms with van der Waals surface area (Å²) < 4.78 is 1.46. The van der Waals surface area contributed by atoms with Crippen LogP contribution in [0.1, 0.15) is 49.8 Å². The van der Waals surface area contributed by atoms with Crippen LogP contribution < -0.4 is 0 Å². The minimum absolute atomic E-state index is 0.322. The molecule has 0 bridgehead atoms. The molecule has 1 saturated carbocycles. The zero-order chi connectivity index (χ0) is 15.7. The highest BCUT2D eigenvalue weighted by Crippen LogP contribution is 2.47. The molecule has 2 aliphatic rings. The van der Waals surface area contributed by atoms with E-state index in [0.29, 0.717) is 5.54 Å². The van der Waals surface area contributed by atoms with E-state index in [2.05, 4.69) is 62.5 Å². The summed E-state index contributed by atoms with van der Waals surface area (Å²) >= 11 is 5.79. The molecule has 1 aliphatic carbocycles. The molecule has 23 heavy (non-hydrogen) atoms. The summed E-state index contributed by atoms with van der Waals surface area (Å²) in [7, 11) is 0. The van der Waals surface area contributed by atoms with Crippen LogP contribution in [0.3, 0.4) is 0 Å². The van der Waals surface area contributed by atoms with E-state index < -0.39 is 0 Å². The van der Waals surface area contributed by atoms with Gasteiger partial charge in [0.15, 0.2) is 0 Å². The van der Waals surface area contributed by atoms with Gasteiger partial charge in [0.05, 0.1) is 5.54 Å². The number of rotatable bonds is 3. The van der Waals surface area contributed by atoms with Crippen molar-refractivity contribution in [1.29, 1.82) is 0 Å². The highest BCUT2D eigenvalue weighted by Gasteiger charge is 2.42. The molecule has 2 aromatic rings. The normalized spacial score (nSPS) is 25.7. The lowest BCUT2D eigenvalue weighted by atomic mass is 9.77. The van der Waals surface area contributed by atoms with Crippen molar-refractivity contribution in [2.24, 2.45) is 5.92 Å². The maximum atomic E-state index is 3.74. The standard InChI is InChI=1S/C20H26BrNS/c21-14-16-7-6-12-22(15-16)20(10-4-1-5-11-20)19-13-17-8-2-3-9-18(17)23-19/h2-3,8-9,13,16H,1,4-7,10-12,14-15H2.